The van der Waals surface area contributed by atoms with Gasteiger partial charge in [-0.3, -0.25) is 9.78 Å². The Morgan fingerprint density at radius 2 is 1.77 bits per heavy atom. The maximum absolute atomic E-state index is 13.4. The molecule has 2 aromatic carbocycles. The molecule has 0 aliphatic carbocycles. The summed E-state index contributed by atoms with van der Waals surface area (Å²) in [5.41, 5.74) is 4.06. The second-order valence-electron chi connectivity index (χ2n) is 8.55. The number of methoxy groups -OCH3 is 1. The summed E-state index contributed by atoms with van der Waals surface area (Å²) >= 11 is 0. The van der Waals surface area contributed by atoms with E-state index in [-0.39, 0.29) is 5.91 Å². The van der Waals surface area contributed by atoms with Gasteiger partial charge in [-0.25, -0.2) is 4.79 Å². The van der Waals surface area contributed by atoms with Gasteiger partial charge >= 0.3 is 5.97 Å². The van der Waals surface area contributed by atoms with Gasteiger partial charge < -0.3 is 9.64 Å². The summed E-state index contributed by atoms with van der Waals surface area (Å²) in [4.78, 5) is 31.9. The number of aromatic nitrogens is 1. The molecule has 0 fully saturated rings. The number of carbonyl (C=O) groups is 2. The van der Waals surface area contributed by atoms with Crippen LogP contribution in [0.4, 0.5) is 5.69 Å². The fourth-order valence-electron chi connectivity index (χ4n) is 3.38. The van der Waals surface area contributed by atoms with Crippen LogP contribution >= 0.6 is 0 Å². The molecule has 0 aliphatic rings. The number of aryl methyl sites for hydroxylation is 1. The molecule has 0 unspecified atom stereocenters. The highest BCUT2D eigenvalue weighted by atomic mass is 16.5. The Bertz CT molecular complexity index is 1090. The van der Waals surface area contributed by atoms with E-state index < -0.39 is 11.4 Å². The van der Waals surface area contributed by atoms with E-state index in [0.717, 1.165) is 22.4 Å². The molecule has 3 aromatic rings. The normalized spacial score (nSPS) is 11.1. The number of carbonyl (C=O) groups excluding carboxylic acids is 2. The maximum Gasteiger partial charge on any atom is 0.338 e. The number of hydrogen-bond acceptors (Lipinski definition) is 4. The van der Waals surface area contributed by atoms with Crippen molar-refractivity contribution in [3.63, 3.8) is 0 Å². The van der Waals surface area contributed by atoms with Crippen LogP contribution in [0.2, 0.25) is 0 Å². The van der Waals surface area contributed by atoms with E-state index in [2.05, 4.69) is 4.98 Å². The van der Waals surface area contributed by atoms with Crippen LogP contribution in [0.1, 0.15) is 42.4 Å². The van der Waals surface area contributed by atoms with Crippen molar-refractivity contribution < 1.29 is 14.3 Å². The lowest BCUT2D eigenvalue weighted by atomic mass is 9.93. The minimum Gasteiger partial charge on any atom is -0.465 e. The molecule has 160 valence electrons. The van der Waals surface area contributed by atoms with E-state index in [4.69, 9.17) is 4.74 Å². The number of benzene rings is 2. The predicted octanol–water partition coefficient (Wildman–Crippen LogP) is 5.42. The van der Waals surface area contributed by atoms with Gasteiger partial charge in [0, 0.05) is 17.3 Å². The number of pyridine rings is 1. The summed E-state index contributed by atoms with van der Waals surface area (Å²) in [5, 5.41) is 0. The van der Waals surface area contributed by atoms with Crippen molar-refractivity contribution in [2.45, 2.75) is 34.2 Å². The molecular formula is C26H28N2O3. The number of nitrogens with zero attached hydrogens (tertiary/aromatic N) is 2. The average molecular weight is 417 g/mol. The largest absolute Gasteiger partial charge is 0.465 e. The summed E-state index contributed by atoms with van der Waals surface area (Å²) < 4.78 is 5.00. The first kappa shape index (κ1) is 22.2. The molecule has 0 aliphatic heterocycles. The third-order valence-electron chi connectivity index (χ3n) is 4.98. The van der Waals surface area contributed by atoms with Gasteiger partial charge in [0.2, 0.25) is 5.91 Å². The van der Waals surface area contributed by atoms with E-state index in [0.29, 0.717) is 17.8 Å². The molecule has 0 saturated carbocycles. The lowest BCUT2D eigenvalue weighted by molar-refractivity contribution is -0.125. The molecule has 0 bridgehead atoms. The summed E-state index contributed by atoms with van der Waals surface area (Å²) in [6.07, 6.45) is 1.72. The lowest BCUT2D eigenvalue weighted by Crippen LogP contribution is -2.39. The van der Waals surface area contributed by atoms with Crippen molar-refractivity contribution >= 4 is 17.6 Å². The highest BCUT2D eigenvalue weighted by Crippen LogP contribution is 2.32. The molecule has 0 spiro atoms. The molecule has 3 rings (SSSR count). The number of anilines is 1. The first-order valence-corrected chi connectivity index (χ1v) is 10.2. The van der Waals surface area contributed by atoms with Gasteiger partial charge in [0.05, 0.1) is 24.9 Å². The van der Waals surface area contributed by atoms with Crippen molar-refractivity contribution in [3.05, 3.63) is 83.7 Å². The van der Waals surface area contributed by atoms with E-state index in [9.17, 15) is 9.59 Å². The van der Waals surface area contributed by atoms with Gasteiger partial charge in [0.15, 0.2) is 0 Å². The second-order valence-corrected chi connectivity index (χ2v) is 8.55. The molecule has 1 aromatic heterocycles. The molecule has 1 amide bonds. The monoisotopic (exact) mass is 416 g/mol. The quantitative estimate of drug-likeness (QED) is 0.521. The van der Waals surface area contributed by atoms with Gasteiger partial charge in [0.1, 0.15) is 0 Å². The third kappa shape index (κ3) is 5.18. The molecule has 0 N–H and O–H groups in total. The van der Waals surface area contributed by atoms with Crippen molar-refractivity contribution in [1.82, 2.24) is 4.98 Å². The van der Waals surface area contributed by atoms with Crippen molar-refractivity contribution in [1.29, 1.82) is 0 Å². The molecule has 0 radical (unpaired) electrons. The maximum atomic E-state index is 13.4. The first-order chi connectivity index (χ1) is 14.7. The Labute approximate surface area is 183 Å². The van der Waals surface area contributed by atoms with Crippen LogP contribution in [0.15, 0.2) is 66.9 Å². The van der Waals surface area contributed by atoms with Crippen LogP contribution in [0.5, 0.6) is 0 Å². The van der Waals surface area contributed by atoms with E-state index in [1.165, 1.54) is 7.11 Å². The molecule has 5 nitrogen and oxygen atoms in total. The van der Waals surface area contributed by atoms with Gasteiger partial charge in [-0.05, 0) is 48.4 Å². The van der Waals surface area contributed by atoms with Gasteiger partial charge in [-0.15, -0.1) is 0 Å². The van der Waals surface area contributed by atoms with Gasteiger partial charge in [-0.2, -0.15) is 0 Å². The molecular weight excluding hydrogens is 388 g/mol. The van der Waals surface area contributed by atoms with Crippen LogP contribution in [0.3, 0.4) is 0 Å². The Balaban J connectivity index is 2.15. The zero-order valence-corrected chi connectivity index (χ0v) is 18.7. The second kappa shape index (κ2) is 9.13. The zero-order valence-electron chi connectivity index (χ0n) is 18.7. The minimum atomic E-state index is -0.584. The Morgan fingerprint density at radius 3 is 2.39 bits per heavy atom. The van der Waals surface area contributed by atoms with Crippen LogP contribution in [-0.4, -0.2) is 24.0 Å². The molecule has 31 heavy (non-hydrogen) atoms. The summed E-state index contributed by atoms with van der Waals surface area (Å²) in [6.45, 7) is 8.02. The predicted molar refractivity (Wildman–Crippen MR) is 123 cm³/mol. The van der Waals surface area contributed by atoms with Crippen LogP contribution in [-0.2, 0) is 16.1 Å². The number of rotatable bonds is 5. The summed E-state index contributed by atoms with van der Waals surface area (Å²) in [5.74, 6) is -0.444. The van der Waals surface area contributed by atoms with Crippen molar-refractivity contribution in [2.75, 3.05) is 12.0 Å². The van der Waals surface area contributed by atoms with E-state index in [1.54, 1.807) is 23.2 Å². The van der Waals surface area contributed by atoms with E-state index >= 15 is 0 Å². The number of ether oxygens (including phenoxy) is 1. The highest BCUT2D eigenvalue weighted by Gasteiger charge is 2.29. The van der Waals surface area contributed by atoms with Crippen molar-refractivity contribution in [3.8, 4) is 11.1 Å². The third-order valence-corrected chi connectivity index (χ3v) is 4.98. The smallest absolute Gasteiger partial charge is 0.338 e. The number of hydrogen-bond donors (Lipinski definition) is 0. The fourth-order valence-corrected chi connectivity index (χ4v) is 3.38. The van der Waals surface area contributed by atoms with Crippen LogP contribution < -0.4 is 4.90 Å². The Morgan fingerprint density at radius 1 is 1.00 bits per heavy atom. The van der Waals surface area contributed by atoms with Crippen LogP contribution in [0, 0.1) is 12.3 Å². The van der Waals surface area contributed by atoms with Crippen molar-refractivity contribution in [2.24, 2.45) is 5.41 Å². The van der Waals surface area contributed by atoms with E-state index in [1.807, 2.05) is 76.2 Å². The SMILES string of the molecule is COC(=O)c1ccc(N(Cc2ccccn2)C(=O)C(C)(C)C)cc1-c1cccc(C)c1. The molecule has 0 saturated heterocycles. The first-order valence-electron chi connectivity index (χ1n) is 10.2. The molecule has 5 heteroatoms. The lowest BCUT2D eigenvalue weighted by Gasteiger charge is -2.30. The molecule has 1 heterocycles. The van der Waals surface area contributed by atoms with Crippen LogP contribution in [0.25, 0.3) is 11.1 Å². The van der Waals surface area contributed by atoms with Gasteiger partial charge in [-0.1, -0.05) is 56.7 Å². The standard InChI is InChI=1S/C26H28N2O3/c1-18-9-8-10-19(15-18)23-16-21(12-13-22(23)24(29)31-5)28(25(30)26(2,3)4)17-20-11-6-7-14-27-20/h6-16H,17H2,1-5H3. The number of esters is 1. The molecule has 0 atom stereocenters. The topological polar surface area (TPSA) is 59.5 Å². The summed E-state index contributed by atoms with van der Waals surface area (Å²) in [6, 6.07) is 19.0. The fraction of sp³-hybridized carbons (Fsp3) is 0.269. The summed E-state index contributed by atoms with van der Waals surface area (Å²) in [7, 11) is 1.37. The Hall–Kier alpha value is -3.47. The highest BCUT2D eigenvalue weighted by molar-refractivity contribution is 6.01. The zero-order chi connectivity index (χ0) is 22.6. The number of amides is 1. The van der Waals surface area contributed by atoms with Gasteiger partial charge in [0.25, 0.3) is 0 Å². The minimum absolute atomic E-state index is 0.0286. The average Bonchev–Trinajstić information content (AvgIpc) is 2.76. The Kier molecular flexibility index (Phi) is 6.54.